The SMILES string of the molecule is O=C(COc1ccc(S(=O)(=O)NCCc2ccccc2)cc1)Nc1ccc(F)c(F)c1F. The first-order chi connectivity index (χ1) is 15.3. The van der Waals surface area contributed by atoms with Crippen molar-refractivity contribution in [3.8, 4) is 5.75 Å². The van der Waals surface area contributed by atoms with Gasteiger partial charge in [0.05, 0.1) is 10.6 Å². The van der Waals surface area contributed by atoms with E-state index in [4.69, 9.17) is 4.74 Å². The van der Waals surface area contributed by atoms with Gasteiger partial charge in [-0.1, -0.05) is 30.3 Å². The van der Waals surface area contributed by atoms with Gasteiger partial charge in [-0.3, -0.25) is 4.79 Å². The van der Waals surface area contributed by atoms with E-state index in [0.717, 1.165) is 11.6 Å². The number of carbonyl (C=O) groups is 1. The van der Waals surface area contributed by atoms with E-state index in [1.54, 1.807) is 0 Å². The Morgan fingerprint density at radius 2 is 1.56 bits per heavy atom. The molecular formula is C22H19F3N2O4S. The summed E-state index contributed by atoms with van der Waals surface area (Å²) in [6.07, 6.45) is 0.537. The van der Waals surface area contributed by atoms with Crippen molar-refractivity contribution in [3.63, 3.8) is 0 Å². The number of rotatable bonds is 9. The number of carbonyl (C=O) groups excluding carboxylic acids is 1. The van der Waals surface area contributed by atoms with Gasteiger partial charge in [0.15, 0.2) is 24.1 Å². The van der Waals surface area contributed by atoms with Gasteiger partial charge in [-0.25, -0.2) is 26.3 Å². The zero-order valence-electron chi connectivity index (χ0n) is 16.6. The van der Waals surface area contributed by atoms with E-state index >= 15 is 0 Å². The number of nitrogens with one attached hydrogen (secondary N) is 2. The van der Waals surface area contributed by atoms with E-state index in [2.05, 4.69) is 10.0 Å². The molecule has 0 radical (unpaired) electrons. The number of sulfonamides is 1. The third-order valence-corrected chi connectivity index (χ3v) is 5.84. The third kappa shape index (κ3) is 6.08. The van der Waals surface area contributed by atoms with Crippen LogP contribution in [0.3, 0.4) is 0 Å². The zero-order valence-corrected chi connectivity index (χ0v) is 17.5. The van der Waals surface area contributed by atoms with Gasteiger partial charge >= 0.3 is 0 Å². The highest BCUT2D eigenvalue weighted by Gasteiger charge is 2.16. The summed E-state index contributed by atoms with van der Waals surface area (Å²) in [7, 11) is -3.72. The van der Waals surface area contributed by atoms with Crippen molar-refractivity contribution in [3.05, 3.63) is 89.7 Å². The lowest BCUT2D eigenvalue weighted by molar-refractivity contribution is -0.118. The van der Waals surface area contributed by atoms with Crippen LogP contribution in [-0.4, -0.2) is 27.5 Å². The predicted molar refractivity (Wildman–Crippen MR) is 112 cm³/mol. The monoisotopic (exact) mass is 464 g/mol. The second kappa shape index (κ2) is 10.3. The quantitative estimate of drug-likeness (QED) is 0.474. The Labute approximate surface area is 183 Å². The van der Waals surface area contributed by atoms with Gasteiger partial charge in [-0.05, 0) is 48.4 Å². The topological polar surface area (TPSA) is 84.5 Å². The molecule has 0 saturated heterocycles. The van der Waals surface area contributed by atoms with Crippen LogP contribution in [0.2, 0.25) is 0 Å². The molecule has 0 atom stereocenters. The van der Waals surface area contributed by atoms with Crippen molar-refractivity contribution >= 4 is 21.6 Å². The van der Waals surface area contributed by atoms with Crippen LogP contribution in [0.15, 0.2) is 71.6 Å². The Balaban J connectivity index is 1.51. The number of hydrogen-bond donors (Lipinski definition) is 2. The summed E-state index contributed by atoms with van der Waals surface area (Å²) >= 11 is 0. The summed E-state index contributed by atoms with van der Waals surface area (Å²) in [5.74, 6) is -5.21. The van der Waals surface area contributed by atoms with Gasteiger partial charge < -0.3 is 10.1 Å². The Morgan fingerprint density at radius 1 is 0.875 bits per heavy atom. The Hall–Kier alpha value is -3.37. The summed E-state index contributed by atoms with van der Waals surface area (Å²) < 4.78 is 72.2. The molecule has 3 rings (SSSR count). The fourth-order valence-electron chi connectivity index (χ4n) is 2.73. The van der Waals surface area contributed by atoms with Crippen LogP contribution in [0.5, 0.6) is 5.75 Å². The standard InChI is InChI=1S/C22H19F3N2O4S/c23-18-10-11-19(22(25)21(18)24)27-20(28)14-31-16-6-8-17(9-7-16)32(29,30)26-13-12-15-4-2-1-3-5-15/h1-11,26H,12-14H2,(H,27,28). The lowest BCUT2D eigenvalue weighted by atomic mass is 10.2. The van der Waals surface area contributed by atoms with Crippen LogP contribution < -0.4 is 14.8 Å². The minimum absolute atomic E-state index is 0.0196. The van der Waals surface area contributed by atoms with Gasteiger partial charge in [0.1, 0.15) is 5.75 Å². The molecule has 168 valence electrons. The van der Waals surface area contributed by atoms with Crippen LogP contribution in [-0.2, 0) is 21.2 Å². The van der Waals surface area contributed by atoms with E-state index < -0.39 is 45.7 Å². The number of hydrogen-bond acceptors (Lipinski definition) is 4. The van der Waals surface area contributed by atoms with Gasteiger partial charge in [-0.2, -0.15) is 0 Å². The van der Waals surface area contributed by atoms with Crippen LogP contribution in [0.4, 0.5) is 18.9 Å². The van der Waals surface area contributed by atoms with E-state index in [9.17, 15) is 26.4 Å². The van der Waals surface area contributed by atoms with Gasteiger partial charge in [-0.15, -0.1) is 0 Å². The summed E-state index contributed by atoms with van der Waals surface area (Å²) in [6.45, 7) is -0.328. The van der Waals surface area contributed by atoms with Crippen molar-refractivity contribution in [2.75, 3.05) is 18.5 Å². The third-order valence-electron chi connectivity index (χ3n) is 4.36. The molecule has 2 N–H and O–H groups in total. The number of anilines is 1. The number of benzene rings is 3. The maximum absolute atomic E-state index is 13.6. The summed E-state index contributed by atoms with van der Waals surface area (Å²) in [5, 5.41) is 2.07. The first-order valence-corrected chi connectivity index (χ1v) is 10.9. The molecule has 32 heavy (non-hydrogen) atoms. The molecule has 6 nitrogen and oxygen atoms in total. The van der Waals surface area contributed by atoms with E-state index in [0.29, 0.717) is 12.5 Å². The molecule has 0 aliphatic rings. The molecule has 0 spiro atoms. The molecule has 10 heteroatoms. The van der Waals surface area contributed by atoms with Gasteiger partial charge in [0.25, 0.3) is 5.91 Å². The Kier molecular flexibility index (Phi) is 7.49. The molecule has 1 amide bonds. The molecule has 0 unspecified atom stereocenters. The first kappa shape index (κ1) is 23.3. The van der Waals surface area contributed by atoms with Crippen LogP contribution in [0, 0.1) is 17.5 Å². The average Bonchev–Trinajstić information content (AvgIpc) is 2.79. The van der Waals surface area contributed by atoms with E-state index in [1.807, 2.05) is 30.3 Å². The highest BCUT2D eigenvalue weighted by atomic mass is 32.2. The van der Waals surface area contributed by atoms with Crippen molar-refractivity contribution in [1.82, 2.24) is 4.72 Å². The largest absolute Gasteiger partial charge is 0.484 e. The molecular weight excluding hydrogens is 445 g/mol. The predicted octanol–water partition coefficient (Wildman–Crippen LogP) is 3.64. The molecule has 0 fully saturated rings. The molecule has 0 aromatic heterocycles. The van der Waals surface area contributed by atoms with E-state index in [1.165, 1.54) is 24.3 Å². The minimum Gasteiger partial charge on any atom is -0.484 e. The lowest BCUT2D eigenvalue weighted by Crippen LogP contribution is -2.26. The van der Waals surface area contributed by atoms with Crippen molar-refractivity contribution < 1.29 is 31.1 Å². The highest BCUT2D eigenvalue weighted by Crippen LogP contribution is 2.20. The smallest absolute Gasteiger partial charge is 0.262 e. The summed E-state index contributed by atoms with van der Waals surface area (Å²) in [5.41, 5.74) is 0.473. The second-order valence-electron chi connectivity index (χ2n) is 6.66. The summed E-state index contributed by atoms with van der Waals surface area (Å²) in [4.78, 5) is 11.9. The summed E-state index contributed by atoms with van der Waals surface area (Å²) in [6, 6.07) is 16.3. The maximum Gasteiger partial charge on any atom is 0.262 e. The Bertz CT molecular complexity index is 1190. The van der Waals surface area contributed by atoms with Gasteiger partial charge in [0, 0.05) is 6.54 Å². The fraction of sp³-hybridized carbons (Fsp3) is 0.136. The molecule has 3 aromatic rings. The van der Waals surface area contributed by atoms with Crippen LogP contribution in [0.1, 0.15) is 5.56 Å². The number of ether oxygens (including phenoxy) is 1. The van der Waals surface area contributed by atoms with Gasteiger partial charge in [0.2, 0.25) is 10.0 Å². The maximum atomic E-state index is 13.6. The second-order valence-corrected chi connectivity index (χ2v) is 8.43. The molecule has 0 saturated carbocycles. The molecule has 3 aromatic carbocycles. The van der Waals surface area contributed by atoms with Crippen molar-refractivity contribution in [2.45, 2.75) is 11.3 Å². The molecule has 0 bridgehead atoms. The van der Waals surface area contributed by atoms with Crippen molar-refractivity contribution in [1.29, 1.82) is 0 Å². The van der Waals surface area contributed by atoms with Crippen molar-refractivity contribution in [2.24, 2.45) is 0 Å². The molecule has 0 aliphatic carbocycles. The van der Waals surface area contributed by atoms with Crippen LogP contribution >= 0.6 is 0 Å². The van der Waals surface area contributed by atoms with Crippen LogP contribution in [0.25, 0.3) is 0 Å². The number of halogens is 3. The number of amides is 1. The minimum atomic E-state index is -3.72. The zero-order chi connectivity index (χ0) is 23.1. The molecule has 0 heterocycles. The molecule has 0 aliphatic heterocycles. The first-order valence-electron chi connectivity index (χ1n) is 9.46. The fourth-order valence-corrected chi connectivity index (χ4v) is 3.76. The average molecular weight is 464 g/mol. The normalized spacial score (nSPS) is 11.2. The van der Waals surface area contributed by atoms with E-state index in [-0.39, 0.29) is 17.2 Å². The lowest BCUT2D eigenvalue weighted by Gasteiger charge is -2.10. The Morgan fingerprint density at radius 3 is 2.25 bits per heavy atom. The highest BCUT2D eigenvalue weighted by molar-refractivity contribution is 7.89.